The Morgan fingerprint density at radius 1 is 1.20 bits per heavy atom. The van der Waals surface area contributed by atoms with Crippen LogP contribution in [0.15, 0.2) is 54.0 Å². The highest BCUT2D eigenvalue weighted by Crippen LogP contribution is 2.28. The molecule has 0 saturated carbocycles. The summed E-state index contributed by atoms with van der Waals surface area (Å²) in [5.74, 6) is 1.23. The number of halogens is 1. The molecule has 3 aromatic heterocycles. The maximum Gasteiger partial charge on any atom is 0.228 e. The first-order valence-corrected chi connectivity index (χ1v) is 11.2. The highest BCUT2D eigenvalue weighted by atomic mass is 35.5. The lowest BCUT2D eigenvalue weighted by atomic mass is 9.97. The van der Waals surface area contributed by atoms with Crippen LogP contribution in [0.5, 0.6) is 0 Å². The minimum atomic E-state index is 0.108. The van der Waals surface area contributed by atoms with E-state index in [0.29, 0.717) is 18.0 Å². The lowest BCUT2D eigenvalue weighted by Gasteiger charge is -2.32. The highest BCUT2D eigenvalue weighted by Gasteiger charge is 2.28. The first kappa shape index (κ1) is 19.2. The Bertz CT molecular complexity index is 1200. The smallest absolute Gasteiger partial charge is 0.228 e. The van der Waals surface area contributed by atoms with Crippen molar-refractivity contribution in [1.82, 2.24) is 24.5 Å². The van der Waals surface area contributed by atoms with E-state index in [4.69, 9.17) is 11.6 Å². The number of rotatable bonds is 4. The van der Waals surface area contributed by atoms with Crippen LogP contribution in [-0.4, -0.2) is 43.5 Å². The van der Waals surface area contributed by atoms with Gasteiger partial charge in [-0.3, -0.25) is 9.20 Å². The molecular weight excluding hydrogens is 418 g/mol. The Balaban J connectivity index is 1.28. The van der Waals surface area contributed by atoms with E-state index in [-0.39, 0.29) is 11.8 Å². The van der Waals surface area contributed by atoms with Crippen LogP contribution in [0.25, 0.3) is 16.2 Å². The highest BCUT2D eigenvalue weighted by molar-refractivity contribution is 7.13. The van der Waals surface area contributed by atoms with Crippen molar-refractivity contribution >= 4 is 34.5 Å². The van der Waals surface area contributed by atoms with Gasteiger partial charge in [-0.2, -0.15) is 0 Å². The normalized spacial score (nSPS) is 16.8. The van der Waals surface area contributed by atoms with E-state index in [2.05, 4.69) is 15.2 Å². The number of hydrogen-bond donors (Lipinski definition) is 0. The van der Waals surface area contributed by atoms with E-state index >= 15 is 0 Å². The van der Waals surface area contributed by atoms with Crippen LogP contribution < -0.4 is 0 Å². The molecule has 8 heteroatoms. The average Bonchev–Trinajstić information content (AvgIpc) is 3.41. The summed E-state index contributed by atoms with van der Waals surface area (Å²) in [6.07, 6.45) is 4.26. The van der Waals surface area contributed by atoms with Crippen LogP contribution in [0.3, 0.4) is 0 Å². The van der Waals surface area contributed by atoms with Crippen molar-refractivity contribution in [1.29, 1.82) is 0 Å². The van der Waals surface area contributed by atoms with Crippen LogP contribution in [0.4, 0.5) is 0 Å². The van der Waals surface area contributed by atoms with Crippen LogP contribution in [0.1, 0.15) is 30.3 Å². The third-order valence-electron chi connectivity index (χ3n) is 5.44. The summed E-state index contributed by atoms with van der Waals surface area (Å²) in [6, 6.07) is 13.5. The molecule has 4 heterocycles. The molecule has 1 unspecified atom stereocenters. The Morgan fingerprint density at radius 3 is 3.03 bits per heavy atom. The SMILES string of the molecule is O=C(Cc1csc(-c2cccc(Cl)c2)n1)N1CCCC(c2nnc3ccccn23)C1. The van der Waals surface area contributed by atoms with Crippen molar-refractivity contribution in [3.05, 3.63) is 70.6 Å². The van der Waals surface area contributed by atoms with Gasteiger partial charge in [0.1, 0.15) is 10.8 Å². The fourth-order valence-electron chi connectivity index (χ4n) is 3.96. The summed E-state index contributed by atoms with van der Waals surface area (Å²) in [7, 11) is 0. The van der Waals surface area contributed by atoms with Gasteiger partial charge in [-0.15, -0.1) is 21.5 Å². The topological polar surface area (TPSA) is 63.4 Å². The van der Waals surface area contributed by atoms with Crippen molar-refractivity contribution in [3.63, 3.8) is 0 Å². The third kappa shape index (κ3) is 3.82. The second-order valence-electron chi connectivity index (χ2n) is 7.50. The predicted molar refractivity (Wildman–Crippen MR) is 118 cm³/mol. The number of amides is 1. The van der Waals surface area contributed by atoms with Crippen molar-refractivity contribution in [2.75, 3.05) is 13.1 Å². The van der Waals surface area contributed by atoms with E-state index in [9.17, 15) is 4.79 Å². The molecule has 1 saturated heterocycles. The Kier molecular flexibility index (Phi) is 5.23. The standard InChI is InChI=1S/C22H20ClN5OS/c23-17-7-3-5-15(11-17)22-24-18(14-30-22)12-20(29)27-9-4-6-16(13-27)21-26-25-19-8-1-2-10-28(19)21/h1-3,5,7-8,10-11,14,16H,4,6,9,12-13H2. The number of benzene rings is 1. The van der Waals surface area contributed by atoms with E-state index in [1.54, 1.807) is 0 Å². The molecule has 1 fully saturated rings. The second-order valence-corrected chi connectivity index (χ2v) is 8.79. The number of thiazole rings is 1. The van der Waals surface area contributed by atoms with E-state index in [1.165, 1.54) is 11.3 Å². The number of likely N-dealkylation sites (tertiary alicyclic amines) is 1. The molecule has 1 atom stereocenters. The molecule has 0 radical (unpaired) electrons. The summed E-state index contributed by atoms with van der Waals surface area (Å²) in [6.45, 7) is 1.44. The fraction of sp³-hybridized carbons (Fsp3) is 0.273. The number of nitrogens with zero attached hydrogens (tertiary/aromatic N) is 5. The van der Waals surface area contributed by atoms with Gasteiger partial charge in [0.2, 0.25) is 5.91 Å². The molecule has 152 valence electrons. The zero-order chi connectivity index (χ0) is 20.5. The van der Waals surface area contributed by atoms with Crippen LogP contribution in [0.2, 0.25) is 5.02 Å². The predicted octanol–water partition coefficient (Wildman–Crippen LogP) is 4.45. The van der Waals surface area contributed by atoms with Gasteiger partial charge >= 0.3 is 0 Å². The maximum absolute atomic E-state index is 13.0. The molecule has 0 spiro atoms. The van der Waals surface area contributed by atoms with Gasteiger partial charge < -0.3 is 4.90 Å². The molecule has 5 rings (SSSR count). The van der Waals surface area contributed by atoms with Crippen molar-refractivity contribution in [2.24, 2.45) is 0 Å². The molecule has 6 nitrogen and oxygen atoms in total. The van der Waals surface area contributed by atoms with Crippen molar-refractivity contribution in [2.45, 2.75) is 25.2 Å². The van der Waals surface area contributed by atoms with Gasteiger partial charge in [0, 0.05) is 41.2 Å². The first-order valence-electron chi connectivity index (χ1n) is 9.95. The molecule has 0 bridgehead atoms. The quantitative estimate of drug-likeness (QED) is 0.473. The maximum atomic E-state index is 13.0. The minimum absolute atomic E-state index is 0.108. The van der Waals surface area contributed by atoms with Gasteiger partial charge in [-0.25, -0.2) is 4.98 Å². The van der Waals surface area contributed by atoms with Crippen molar-refractivity contribution < 1.29 is 4.79 Å². The number of hydrogen-bond acceptors (Lipinski definition) is 5. The molecule has 1 aromatic carbocycles. The third-order valence-corrected chi connectivity index (χ3v) is 6.61. The van der Waals surface area contributed by atoms with E-state index in [0.717, 1.165) is 47.1 Å². The Labute approximate surface area is 183 Å². The van der Waals surface area contributed by atoms with Gasteiger partial charge in [0.25, 0.3) is 0 Å². The number of carbonyl (C=O) groups excluding carboxylic acids is 1. The van der Waals surface area contributed by atoms with Crippen LogP contribution >= 0.6 is 22.9 Å². The summed E-state index contributed by atoms with van der Waals surface area (Å²) < 4.78 is 2.02. The molecular formula is C22H20ClN5OS. The average molecular weight is 438 g/mol. The van der Waals surface area contributed by atoms with Gasteiger partial charge in [-0.05, 0) is 37.1 Å². The number of carbonyl (C=O) groups is 1. The number of aromatic nitrogens is 4. The Morgan fingerprint density at radius 2 is 2.13 bits per heavy atom. The summed E-state index contributed by atoms with van der Waals surface area (Å²) in [4.78, 5) is 19.6. The Hall–Kier alpha value is -2.77. The van der Waals surface area contributed by atoms with Gasteiger partial charge in [0.05, 0.1) is 12.1 Å². The molecule has 30 heavy (non-hydrogen) atoms. The molecule has 1 aliphatic heterocycles. The van der Waals surface area contributed by atoms with Gasteiger partial charge in [0.15, 0.2) is 5.65 Å². The zero-order valence-corrected chi connectivity index (χ0v) is 17.8. The lowest BCUT2D eigenvalue weighted by Crippen LogP contribution is -2.40. The minimum Gasteiger partial charge on any atom is -0.342 e. The number of piperidine rings is 1. The summed E-state index contributed by atoms with van der Waals surface area (Å²) in [5, 5.41) is 12.2. The zero-order valence-electron chi connectivity index (χ0n) is 16.2. The summed E-state index contributed by atoms with van der Waals surface area (Å²) in [5.41, 5.74) is 2.62. The molecule has 0 aliphatic carbocycles. The fourth-order valence-corrected chi connectivity index (χ4v) is 4.97. The number of fused-ring (bicyclic) bond motifs is 1. The second kappa shape index (κ2) is 8.16. The monoisotopic (exact) mass is 437 g/mol. The van der Waals surface area contributed by atoms with Crippen LogP contribution in [0, 0.1) is 0 Å². The molecule has 0 N–H and O–H groups in total. The van der Waals surface area contributed by atoms with Gasteiger partial charge in [-0.1, -0.05) is 29.8 Å². The van der Waals surface area contributed by atoms with E-state index in [1.807, 2.05) is 63.3 Å². The molecule has 1 amide bonds. The first-order chi connectivity index (χ1) is 14.7. The van der Waals surface area contributed by atoms with E-state index < -0.39 is 0 Å². The number of pyridine rings is 1. The van der Waals surface area contributed by atoms with Crippen molar-refractivity contribution in [3.8, 4) is 10.6 Å². The summed E-state index contributed by atoms with van der Waals surface area (Å²) >= 11 is 7.62. The molecule has 1 aliphatic rings. The largest absolute Gasteiger partial charge is 0.342 e. The lowest BCUT2D eigenvalue weighted by molar-refractivity contribution is -0.131. The van der Waals surface area contributed by atoms with Crippen LogP contribution in [-0.2, 0) is 11.2 Å². The molecule has 4 aromatic rings.